The van der Waals surface area contributed by atoms with Gasteiger partial charge in [0.25, 0.3) is 0 Å². The fraction of sp³-hybridized carbons (Fsp3) is 0.600. The molecule has 1 rings (SSSR count). The van der Waals surface area contributed by atoms with E-state index in [1.165, 1.54) is 11.1 Å². The molecular formula is C10H16O. The maximum Gasteiger partial charge on any atom is 0.0795 e. The van der Waals surface area contributed by atoms with Gasteiger partial charge in [-0.15, -0.1) is 0 Å². The first-order chi connectivity index (χ1) is 5.18. The molecule has 0 aromatic carbocycles. The molecule has 1 aliphatic rings. The Morgan fingerprint density at radius 2 is 2.36 bits per heavy atom. The lowest BCUT2D eigenvalue weighted by Crippen LogP contribution is -2.18. The summed E-state index contributed by atoms with van der Waals surface area (Å²) in [5.74, 6) is 0. The Kier molecular flexibility index (Phi) is 2.89. The van der Waals surface area contributed by atoms with E-state index in [1.807, 2.05) is 0 Å². The first-order valence-corrected chi connectivity index (χ1v) is 4.12. The Morgan fingerprint density at radius 1 is 1.64 bits per heavy atom. The van der Waals surface area contributed by atoms with Crippen LogP contribution in [0.4, 0.5) is 0 Å². The number of hydrogen-bond acceptors (Lipinski definition) is 1. The molecule has 1 heteroatoms. The van der Waals surface area contributed by atoms with Crippen molar-refractivity contribution in [2.75, 3.05) is 6.61 Å². The molecule has 0 unspecified atom stereocenters. The Labute approximate surface area is 68.8 Å². The van der Waals surface area contributed by atoms with Crippen molar-refractivity contribution in [1.29, 1.82) is 0 Å². The zero-order valence-corrected chi connectivity index (χ0v) is 7.39. The van der Waals surface area contributed by atoms with Crippen LogP contribution in [0.15, 0.2) is 23.8 Å². The van der Waals surface area contributed by atoms with Crippen LogP contribution < -0.4 is 0 Å². The first kappa shape index (κ1) is 8.54. The third kappa shape index (κ3) is 2.89. The van der Waals surface area contributed by atoms with Gasteiger partial charge in [-0.3, -0.25) is 0 Å². The second-order valence-electron chi connectivity index (χ2n) is 3.36. The predicted molar refractivity (Wildman–Crippen MR) is 47.5 cm³/mol. The van der Waals surface area contributed by atoms with Crippen molar-refractivity contribution in [3.63, 3.8) is 0 Å². The summed E-state index contributed by atoms with van der Waals surface area (Å²) >= 11 is 0. The van der Waals surface area contributed by atoms with Gasteiger partial charge in [-0.25, -0.2) is 0 Å². The molecule has 0 aromatic rings. The van der Waals surface area contributed by atoms with Crippen molar-refractivity contribution in [3.8, 4) is 0 Å². The van der Waals surface area contributed by atoms with E-state index < -0.39 is 0 Å². The van der Waals surface area contributed by atoms with Crippen molar-refractivity contribution in [2.45, 2.75) is 32.8 Å². The van der Waals surface area contributed by atoms with Crippen LogP contribution in [0.25, 0.3) is 0 Å². The molecule has 1 nitrogen and oxygen atoms in total. The van der Waals surface area contributed by atoms with Crippen LogP contribution in [0, 0.1) is 0 Å². The average Bonchev–Trinajstić information content (AvgIpc) is 1.85. The number of allylic oxidation sites excluding steroid dienone is 1. The van der Waals surface area contributed by atoms with E-state index in [-0.39, 0.29) is 0 Å². The van der Waals surface area contributed by atoms with Crippen LogP contribution in [0.2, 0.25) is 0 Å². The summed E-state index contributed by atoms with van der Waals surface area (Å²) in [5, 5.41) is 0. The van der Waals surface area contributed by atoms with Crippen LogP contribution in [-0.2, 0) is 4.74 Å². The molecule has 0 aliphatic carbocycles. The van der Waals surface area contributed by atoms with Crippen molar-refractivity contribution >= 4 is 0 Å². The van der Waals surface area contributed by atoms with E-state index in [4.69, 9.17) is 4.74 Å². The zero-order valence-electron chi connectivity index (χ0n) is 7.39. The van der Waals surface area contributed by atoms with Crippen molar-refractivity contribution in [2.24, 2.45) is 0 Å². The Hall–Kier alpha value is -0.560. The molecule has 1 atom stereocenters. The van der Waals surface area contributed by atoms with Gasteiger partial charge in [0.15, 0.2) is 0 Å². The van der Waals surface area contributed by atoms with Crippen molar-refractivity contribution in [3.05, 3.63) is 23.8 Å². The van der Waals surface area contributed by atoms with Gasteiger partial charge in [-0.2, -0.15) is 0 Å². The second-order valence-corrected chi connectivity index (χ2v) is 3.36. The Bertz CT molecular complexity index is 175. The van der Waals surface area contributed by atoms with Crippen LogP contribution in [0.1, 0.15) is 26.7 Å². The molecule has 1 fully saturated rings. The minimum atomic E-state index is 0.293. The predicted octanol–water partition coefficient (Wildman–Crippen LogP) is 2.69. The highest BCUT2D eigenvalue weighted by atomic mass is 16.5. The van der Waals surface area contributed by atoms with Gasteiger partial charge < -0.3 is 4.74 Å². The van der Waals surface area contributed by atoms with E-state index in [1.54, 1.807) is 0 Å². The largest absolute Gasteiger partial charge is 0.373 e. The normalized spacial score (nSPS) is 24.9. The summed E-state index contributed by atoms with van der Waals surface area (Å²) in [6, 6.07) is 0. The number of hydrogen-bond donors (Lipinski definition) is 0. The molecule has 0 saturated carbocycles. The van der Waals surface area contributed by atoms with E-state index in [0.29, 0.717) is 6.10 Å². The molecule has 1 heterocycles. The maximum absolute atomic E-state index is 5.52. The minimum Gasteiger partial charge on any atom is -0.373 e. The summed E-state index contributed by atoms with van der Waals surface area (Å²) in [7, 11) is 0. The summed E-state index contributed by atoms with van der Waals surface area (Å²) < 4.78 is 5.52. The molecule has 0 N–H and O–H groups in total. The molecule has 0 aromatic heterocycles. The van der Waals surface area contributed by atoms with Crippen molar-refractivity contribution in [1.82, 2.24) is 0 Å². The van der Waals surface area contributed by atoms with Crippen LogP contribution in [-0.4, -0.2) is 12.7 Å². The second kappa shape index (κ2) is 3.72. The minimum absolute atomic E-state index is 0.293. The SMILES string of the molecule is C=C1CCO[C@@H](C=C(C)C)C1. The molecule has 11 heavy (non-hydrogen) atoms. The molecule has 62 valence electrons. The molecule has 1 saturated heterocycles. The van der Waals surface area contributed by atoms with E-state index in [0.717, 1.165) is 19.4 Å². The fourth-order valence-corrected chi connectivity index (χ4v) is 1.28. The zero-order chi connectivity index (χ0) is 8.27. The molecule has 1 aliphatic heterocycles. The Morgan fingerprint density at radius 3 is 2.91 bits per heavy atom. The lowest BCUT2D eigenvalue weighted by molar-refractivity contribution is 0.0672. The molecule has 0 spiro atoms. The molecule has 0 radical (unpaired) electrons. The van der Waals surface area contributed by atoms with E-state index >= 15 is 0 Å². The highest BCUT2D eigenvalue weighted by molar-refractivity contribution is 5.07. The lowest BCUT2D eigenvalue weighted by Gasteiger charge is -2.21. The molecular weight excluding hydrogens is 136 g/mol. The van der Waals surface area contributed by atoms with Crippen LogP contribution in [0.3, 0.4) is 0 Å². The third-order valence-electron chi connectivity index (χ3n) is 1.80. The number of ether oxygens (including phenoxy) is 1. The topological polar surface area (TPSA) is 9.23 Å². The first-order valence-electron chi connectivity index (χ1n) is 4.12. The van der Waals surface area contributed by atoms with Gasteiger partial charge in [0.05, 0.1) is 12.7 Å². The van der Waals surface area contributed by atoms with E-state index in [9.17, 15) is 0 Å². The highest BCUT2D eigenvalue weighted by Crippen LogP contribution is 2.18. The number of rotatable bonds is 1. The van der Waals surface area contributed by atoms with Gasteiger partial charge in [0.2, 0.25) is 0 Å². The maximum atomic E-state index is 5.52. The molecule has 0 amide bonds. The summed E-state index contributed by atoms with van der Waals surface area (Å²) in [4.78, 5) is 0. The van der Waals surface area contributed by atoms with Gasteiger partial charge in [-0.1, -0.05) is 23.8 Å². The Balaban J connectivity index is 2.46. The third-order valence-corrected chi connectivity index (χ3v) is 1.80. The molecule has 0 bridgehead atoms. The van der Waals surface area contributed by atoms with Crippen molar-refractivity contribution < 1.29 is 4.74 Å². The van der Waals surface area contributed by atoms with Gasteiger partial charge in [-0.05, 0) is 26.7 Å². The smallest absolute Gasteiger partial charge is 0.0795 e. The van der Waals surface area contributed by atoms with Gasteiger partial charge in [0, 0.05) is 0 Å². The average molecular weight is 152 g/mol. The van der Waals surface area contributed by atoms with Gasteiger partial charge >= 0.3 is 0 Å². The standard InChI is InChI=1S/C10H16O/c1-8(2)6-10-7-9(3)4-5-11-10/h6,10H,3-5,7H2,1-2H3/t10-/m0/s1. The lowest BCUT2D eigenvalue weighted by atomic mass is 10.0. The van der Waals surface area contributed by atoms with E-state index in [2.05, 4.69) is 26.5 Å². The highest BCUT2D eigenvalue weighted by Gasteiger charge is 2.12. The fourth-order valence-electron chi connectivity index (χ4n) is 1.28. The summed E-state index contributed by atoms with van der Waals surface area (Å²) in [6.07, 6.45) is 4.50. The quantitative estimate of drug-likeness (QED) is 0.525. The summed E-state index contributed by atoms with van der Waals surface area (Å²) in [5.41, 5.74) is 2.64. The monoisotopic (exact) mass is 152 g/mol. The van der Waals surface area contributed by atoms with Crippen LogP contribution >= 0.6 is 0 Å². The summed E-state index contributed by atoms with van der Waals surface area (Å²) in [6.45, 7) is 9.00. The van der Waals surface area contributed by atoms with Crippen LogP contribution in [0.5, 0.6) is 0 Å². The van der Waals surface area contributed by atoms with Gasteiger partial charge in [0.1, 0.15) is 0 Å².